The van der Waals surface area contributed by atoms with E-state index in [4.69, 9.17) is 9.47 Å². The van der Waals surface area contributed by atoms with E-state index in [0.29, 0.717) is 29.6 Å². The molecule has 0 aliphatic carbocycles. The average molecular weight is 505 g/mol. The normalized spacial score (nSPS) is 12.5. The van der Waals surface area contributed by atoms with Gasteiger partial charge < -0.3 is 24.8 Å². The van der Waals surface area contributed by atoms with Crippen molar-refractivity contribution < 1.29 is 23.0 Å². The number of hydrogen-bond acceptors (Lipinski definition) is 4. The van der Waals surface area contributed by atoms with E-state index in [9.17, 15) is 8.78 Å². The maximum Gasteiger partial charge on any atom is 0.387 e. The maximum absolute atomic E-state index is 12.7. The summed E-state index contributed by atoms with van der Waals surface area (Å²) in [7, 11) is 1.64. The SMILES string of the molecule is CN=C(NCc1ccc(C)cc1)NCc1cc2c(cc1OC(F)F)OCO2.I. The molecule has 9 heteroatoms. The van der Waals surface area contributed by atoms with Gasteiger partial charge in [0.15, 0.2) is 17.5 Å². The number of guanidine groups is 1. The summed E-state index contributed by atoms with van der Waals surface area (Å²) in [4.78, 5) is 4.15. The van der Waals surface area contributed by atoms with Gasteiger partial charge in [-0.3, -0.25) is 4.99 Å². The van der Waals surface area contributed by atoms with E-state index < -0.39 is 6.61 Å². The summed E-state index contributed by atoms with van der Waals surface area (Å²) in [6, 6.07) is 11.2. The van der Waals surface area contributed by atoms with Crippen LogP contribution in [0.5, 0.6) is 17.2 Å². The summed E-state index contributed by atoms with van der Waals surface area (Å²) in [6.45, 7) is -0.0289. The molecule has 1 heterocycles. The summed E-state index contributed by atoms with van der Waals surface area (Å²) >= 11 is 0. The van der Waals surface area contributed by atoms with Crippen LogP contribution in [0.2, 0.25) is 0 Å². The Labute approximate surface area is 179 Å². The number of aliphatic imine (C=N–C) groups is 1. The molecule has 0 saturated heterocycles. The molecule has 0 fully saturated rings. The molecule has 6 nitrogen and oxygen atoms in total. The van der Waals surface area contributed by atoms with Gasteiger partial charge in [0, 0.05) is 31.8 Å². The number of aryl methyl sites for hydroxylation is 1. The number of ether oxygens (including phenoxy) is 3. The topological polar surface area (TPSA) is 64.1 Å². The fourth-order valence-corrected chi connectivity index (χ4v) is 2.60. The molecule has 152 valence electrons. The molecule has 0 saturated carbocycles. The largest absolute Gasteiger partial charge is 0.454 e. The zero-order valence-electron chi connectivity index (χ0n) is 15.5. The number of hydrogen-bond donors (Lipinski definition) is 2. The van der Waals surface area contributed by atoms with Crippen molar-refractivity contribution in [1.82, 2.24) is 10.6 Å². The molecular weight excluding hydrogens is 483 g/mol. The van der Waals surface area contributed by atoms with E-state index >= 15 is 0 Å². The van der Waals surface area contributed by atoms with Crippen molar-refractivity contribution in [2.24, 2.45) is 4.99 Å². The van der Waals surface area contributed by atoms with Gasteiger partial charge in [-0.25, -0.2) is 0 Å². The molecule has 0 bridgehead atoms. The molecule has 0 amide bonds. The molecule has 28 heavy (non-hydrogen) atoms. The number of benzene rings is 2. The zero-order valence-corrected chi connectivity index (χ0v) is 17.8. The van der Waals surface area contributed by atoms with Crippen LogP contribution >= 0.6 is 24.0 Å². The van der Waals surface area contributed by atoms with Crippen LogP contribution in [0.15, 0.2) is 41.4 Å². The van der Waals surface area contributed by atoms with E-state index in [2.05, 4.69) is 20.4 Å². The molecule has 2 aromatic rings. The second kappa shape index (κ2) is 10.3. The first kappa shape index (κ1) is 22.0. The summed E-state index contributed by atoms with van der Waals surface area (Å²) < 4.78 is 40.5. The van der Waals surface area contributed by atoms with Gasteiger partial charge in [0.05, 0.1) is 0 Å². The van der Waals surface area contributed by atoms with Crippen LogP contribution in [0.4, 0.5) is 8.78 Å². The second-order valence-electron chi connectivity index (χ2n) is 5.96. The summed E-state index contributed by atoms with van der Waals surface area (Å²) in [5.74, 6) is 1.46. The van der Waals surface area contributed by atoms with Crippen molar-refractivity contribution in [3.63, 3.8) is 0 Å². The van der Waals surface area contributed by atoms with Crippen LogP contribution in [-0.4, -0.2) is 26.4 Å². The van der Waals surface area contributed by atoms with Gasteiger partial charge in [-0.1, -0.05) is 29.8 Å². The third kappa shape index (κ3) is 5.85. The van der Waals surface area contributed by atoms with E-state index in [1.54, 1.807) is 13.1 Å². The lowest BCUT2D eigenvalue weighted by Gasteiger charge is -2.15. The lowest BCUT2D eigenvalue weighted by Crippen LogP contribution is -2.36. The Bertz CT molecular complexity index is 817. The highest BCUT2D eigenvalue weighted by Crippen LogP contribution is 2.38. The Morgan fingerprint density at radius 3 is 2.39 bits per heavy atom. The second-order valence-corrected chi connectivity index (χ2v) is 5.96. The van der Waals surface area contributed by atoms with Crippen molar-refractivity contribution in [3.05, 3.63) is 53.1 Å². The monoisotopic (exact) mass is 505 g/mol. The highest BCUT2D eigenvalue weighted by atomic mass is 127. The van der Waals surface area contributed by atoms with Gasteiger partial charge in [0.1, 0.15) is 5.75 Å². The Balaban J connectivity index is 0.00000280. The maximum atomic E-state index is 12.7. The van der Waals surface area contributed by atoms with Gasteiger partial charge in [-0.05, 0) is 18.6 Å². The minimum Gasteiger partial charge on any atom is -0.454 e. The fraction of sp³-hybridized carbons (Fsp3) is 0.316. The standard InChI is InChI=1S/C19H21F2N3O3.HI/c1-12-3-5-13(6-4-12)9-23-19(22-2)24-10-14-7-16-17(26-11-25-16)8-15(14)27-18(20)21;/h3-8,18H,9-11H2,1-2H3,(H2,22,23,24);1H. The lowest BCUT2D eigenvalue weighted by molar-refractivity contribution is -0.0505. The van der Waals surface area contributed by atoms with Crippen molar-refractivity contribution in [3.8, 4) is 17.2 Å². The smallest absolute Gasteiger partial charge is 0.387 e. The first-order valence-corrected chi connectivity index (χ1v) is 8.42. The highest BCUT2D eigenvalue weighted by molar-refractivity contribution is 14.0. The van der Waals surface area contributed by atoms with E-state index in [0.717, 1.165) is 5.56 Å². The molecule has 1 aliphatic heterocycles. The molecular formula is C19H22F2IN3O3. The molecule has 0 radical (unpaired) electrons. The first-order chi connectivity index (χ1) is 13.0. The Hall–Kier alpha value is -2.30. The minimum atomic E-state index is -2.93. The van der Waals surface area contributed by atoms with E-state index in [1.165, 1.54) is 11.6 Å². The van der Waals surface area contributed by atoms with Crippen LogP contribution in [0.3, 0.4) is 0 Å². The van der Waals surface area contributed by atoms with Gasteiger partial charge in [-0.2, -0.15) is 8.78 Å². The van der Waals surface area contributed by atoms with Crippen molar-refractivity contribution in [2.45, 2.75) is 26.6 Å². The third-order valence-corrected chi connectivity index (χ3v) is 4.02. The molecule has 0 spiro atoms. The highest BCUT2D eigenvalue weighted by Gasteiger charge is 2.20. The predicted molar refractivity (Wildman–Crippen MR) is 113 cm³/mol. The van der Waals surface area contributed by atoms with E-state index in [1.807, 2.05) is 31.2 Å². The Morgan fingerprint density at radius 1 is 1.11 bits per heavy atom. The molecule has 1 aliphatic rings. The van der Waals surface area contributed by atoms with E-state index in [-0.39, 0.29) is 43.1 Å². The molecule has 3 rings (SSSR count). The van der Waals surface area contributed by atoms with Crippen molar-refractivity contribution in [1.29, 1.82) is 0 Å². The van der Waals surface area contributed by atoms with Gasteiger partial charge in [0.2, 0.25) is 6.79 Å². The van der Waals surface area contributed by atoms with Crippen LogP contribution in [0, 0.1) is 6.92 Å². The molecule has 0 atom stereocenters. The summed E-state index contributed by atoms with van der Waals surface area (Å²) in [6.07, 6.45) is 0. The van der Waals surface area contributed by atoms with Gasteiger partial charge in [-0.15, -0.1) is 24.0 Å². The predicted octanol–water partition coefficient (Wildman–Crippen LogP) is 3.81. The number of fused-ring (bicyclic) bond motifs is 1. The number of nitrogens with zero attached hydrogens (tertiary/aromatic N) is 1. The van der Waals surface area contributed by atoms with Crippen LogP contribution in [-0.2, 0) is 13.1 Å². The van der Waals surface area contributed by atoms with Crippen molar-refractivity contribution in [2.75, 3.05) is 13.8 Å². The Morgan fingerprint density at radius 2 is 1.75 bits per heavy atom. The molecule has 2 N–H and O–H groups in total. The third-order valence-electron chi connectivity index (χ3n) is 4.02. The number of rotatable bonds is 6. The van der Waals surface area contributed by atoms with Crippen molar-refractivity contribution >= 4 is 29.9 Å². The summed E-state index contributed by atoms with van der Waals surface area (Å²) in [5, 5.41) is 6.27. The summed E-state index contributed by atoms with van der Waals surface area (Å²) in [5.41, 5.74) is 2.81. The lowest BCUT2D eigenvalue weighted by atomic mass is 10.1. The fourth-order valence-electron chi connectivity index (χ4n) is 2.60. The molecule has 2 aromatic carbocycles. The first-order valence-electron chi connectivity index (χ1n) is 8.42. The van der Waals surface area contributed by atoms with Crippen LogP contribution in [0.25, 0.3) is 0 Å². The molecule has 0 unspecified atom stereocenters. The quantitative estimate of drug-likeness (QED) is 0.356. The number of halogens is 3. The van der Waals surface area contributed by atoms with Crippen LogP contribution < -0.4 is 24.8 Å². The number of alkyl halides is 2. The zero-order chi connectivity index (χ0) is 19.2. The minimum absolute atomic E-state index is 0. The van der Waals surface area contributed by atoms with Crippen LogP contribution in [0.1, 0.15) is 16.7 Å². The van der Waals surface area contributed by atoms with Gasteiger partial charge in [0.25, 0.3) is 0 Å². The molecule has 0 aromatic heterocycles. The average Bonchev–Trinajstić information content (AvgIpc) is 3.10. The Kier molecular flexibility index (Phi) is 8.09. The number of nitrogens with one attached hydrogen (secondary N) is 2. The van der Waals surface area contributed by atoms with Gasteiger partial charge >= 0.3 is 6.61 Å².